The first-order valence-corrected chi connectivity index (χ1v) is 15.8. The highest BCUT2D eigenvalue weighted by molar-refractivity contribution is 6.25. The first-order valence-electron chi connectivity index (χ1n) is 15.8. The Morgan fingerprint density at radius 2 is 1.50 bits per heavy atom. The third-order valence-electron chi connectivity index (χ3n) is 9.52. The number of carbonyl (C=O) groups is 4. The first-order chi connectivity index (χ1) is 22.8. The Morgan fingerprint density at radius 1 is 0.833 bits per heavy atom. The third-order valence-corrected chi connectivity index (χ3v) is 9.52. The smallest absolute Gasteiger partial charge is 0.340 e. The van der Waals surface area contributed by atoms with E-state index in [4.69, 9.17) is 24.2 Å². The molecule has 0 saturated heterocycles. The fourth-order valence-corrected chi connectivity index (χ4v) is 6.77. The standard InChI is InChI=1S/C36H40N4O8/c1-9-20-16(2)23-15-28-31(35(43)44)18(4)25(38-28)13-24-17(3)21(10-11-29(41)46-6)33(39-24)22(12-30(42)47-7)34-32(36(45)48-8)19(5)26(40-34)14-27(20)37-23/h13-15,17,21,37-38H,9-12H2,1-8H3,(H,43,44). The molecule has 12 nitrogen and oxygen atoms in total. The van der Waals surface area contributed by atoms with E-state index in [9.17, 15) is 24.3 Å². The molecule has 2 unspecified atom stereocenters. The Balaban J connectivity index is 2.03. The number of aryl methyl sites for hydroxylation is 3. The lowest BCUT2D eigenvalue weighted by Crippen LogP contribution is -2.15. The van der Waals surface area contributed by atoms with Crippen molar-refractivity contribution >= 4 is 57.1 Å². The van der Waals surface area contributed by atoms with Gasteiger partial charge in [-0.3, -0.25) is 14.6 Å². The number of carboxylic acids is 1. The van der Waals surface area contributed by atoms with Gasteiger partial charge in [-0.05, 0) is 74.1 Å². The van der Waals surface area contributed by atoms with Crippen molar-refractivity contribution in [3.63, 3.8) is 0 Å². The van der Waals surface area contributed by atoms with Crippen molar-refractivity contribution in [1.29, 1.82) is 0 Å². The summed E-state index contributed by atoms with van der Waals surface area (Å²) in [4.78, 5) is 68.0. The molecular formula is C36H40N4O8. The molecule has 0 radical (unpaired) electrons. The minimum Gasteiger partial charge on any atom is -0.478 e. The molecule has 0 spiro atoms. The average molecular weight is 657 g/mol. The zero-order valence-corrected chi connectivity index (χ0v) is 28.4. The molecule has 5 rings (SSSR count). The second kappa shape index (κ2) is 13.5. The van der Waals surface area contributed by atoms with Crippen LogP contribution in [0.15, 0.2) is 18.2 Å². The highest BCUT2D eigenvalue weighted by Crippen LogP contribution is 2.44. The molecule has 3 N–H and O–H groups in total. The van der Waals surface area contributed by atoms with E-state index in [0.717, 1.165) is 22.2 Å². The lowest BCUT2D eigenvalue weighted by Gasteiger charge is -2.18. The van der Waals surface area contributed by atoms with E-state index in [1.54, 1.807) is 26.0 Å². The summed E-state index contributed by atoms with van der Waals surface area (Å²) in [5, 5.41) is 10.3. The van der Waals surface area contributed by atoms with E-state index >= 15 is 0 Å². The van der Waals surface area contributed by atoms with E-state index in [0.29, 0.717) is 57.7 Å². The van der Waals surface area contributed by atoms with Crippen molar-refractivity contribution in [2.45, 2.75) is 72.1 Å². The number of nitrogens with zero attached hydrogens (tertiary/aromatic N) is 2. The number of H-pyrrole nitrogens is 2. The van der Waals surface area contributed by atoms with Crippen molar-refractivity contribution in [2.24, 2.45) is 0 Å². The van der Waals surface area contributed by atoms with Crippen LogP contribution < -0.4 is 0 Å². The molecule has 0 saturated carbocycles. The Labute approximate surface area is 277 Å². The number of carbonyl (C=O) groups excluding carboxylic acids is 3. The van der Waals surface area contributed by atoms with Crippen molar-refractivity contribution in [3.8, 4) is 0 Å². The Hall–Kier alpha value is -5.26. The molecule has 3 aromatic rings. The highest BCUT2D eigenvalue weighted by atomic mass is 16.5. The first kappa shape index (κ1) is 34.1. The van der Waals surface area contributed by atoms with Gasteiger partial charge in [-0.1, -0.05) is 13.8 Å². The molecule has 2 atom stereocenters. The van der Waals surface area contributed by atoms with Crippen LogP contribution >= 0.6 is 0 Å². The van der Waals surface area contributed by atoms with Crippen LogP contribution in [0.4, 0.5) is 0 Å². The predicted molar refractivity (Wildman–Crippen MR) is 179 cm³/mol. The average Bonchev–Trinajstić information content (AvgIpc) is 3.74. The zero-order chi connectivity index (χ0) is 35.0. The topological polar surface area (TPSA) is 174 Å². The normalized spacial score (nSPS) is 15.8. The van der Waals surface area contributed by atoms with Crippen LogP contribution in [0, 0.1) is 13.8 Å². The van der Waals surface area contributed by atoms with Gasteiger partial charge in [-0.25, -0.2) is 14.6 Å². The molecule has 12 heteroatoms. The van der Waals surface area contributed by atoms with Crippen LogP contribution in [0.2, 0.25) is 0 Å². The molecular weight excluding hydrogens is 616 g/mol. The van der Waals surface area contributed by atoms with Crippen molar-refractivity contribution < 1.29 is 38.5 Å². The van der Waals surface area contributed by atoms with Gasteiger partial charge in [0.2, 0.25) is 0 Å². The summed E-state index contributed by atoms with van der Waals surface area (Å²) in [6.45, 7) is 9.46. The summed E-state index contributed by atoms with van der Waals surface area (Å²) in [7, 11) is 3.89. The van der Waals surface area contributed by atoms with Gasteiger partial charge in [-0.15, -0.1) is 0 Å². The van der Waals surface area contributed by atoms with Gasteiger partial charge in [0, 0.05) is 46.1 Å². The summed E-state index contributed by atoms with van der Waals surface area (Å²) < 4.78 is 15.2. The van der Waals surface area contributed by atoms with E-state index in [1.807, 2.05) is 26.8 Å². The van der Waals surface area contributed by atoms with E-state index in [1.165, 1.54) is 21.3 Å². The van der Waals surface area contributed by atoms with Gasteiger partial charge in [0.25, 0.3) is 0 Å². The third kappa shape index (κ3) is 5.98. The van der Waals surface area contributed by atoms with Gasteiger partial charge >= 0.3 is 23.9 Å². The van der Waals surface area contributed by atoms with Crippen LogP contribution in [0.3, 0.4) is 0 Å². The fourth-order valence-electron chi connectivity index (χ4n) is 6.77. The van der Waals surface area contributed by atoms with Gasteiger partial charge in [0.05, 0.1) is 61.5 Å². The molecule has 5 heterocycles. The molecule has 252 valence electrons. The minimum atomic E-state index is -1.07. The molecule has 48 heavy (non-hydrogen) atoms. The van der Waals surface area contributed by atoms with Gasteiger partial charge < -0.3 is 29.3 Å². The lowest BCUT2D eigenvalue weighted by atomic mass is 9.84. The molecule has 3 aromatic heterocycles. The molecule has 0 aromatic carbocycles. The summed E-state index contributed by atoms with van der Waals surface area (Å²) in [5.41, 5.74) is 8.01. The molecule has 0 aliphatic carbocycles. The van der Waals surface area contributed by atoms with Crippen LogP contribution in [0.1, 0.15) is 101 Å². The number of hydrogen-bond acceptors (Lipinski definition) is 9. The largest absolute Gasteiger partial charge is 0.478 e. The van der Waals surface area contributed by atoms with Crippen LogP contribution in [0.5, 0.6) is 0 Å². The number of aromatic amines is 2. The number of nitrogens with one attached hydrogen (secondary N) is 2. The summed E-state index contributed by atoms with van der Waals surface area (Å²) in [6, 6.07) is 5.44. The summed E-state index contributed by atoms with van der Waals surface area (Å²) in [5.74, 6) is -3.32. The van der Waals surface area contributed by atoms with Crippen LogP contribution in [-0.2, 0) is 41.4 Å². The maximum atomic E-state index is 13.4. The summed E-state index contributed by atoms with van der Waals surface area (Å²) >= 11 is 0. The molecule has 8 bridgehead atoms. The van der Waals surface area contributed by atoms with Gasteiger partial charge in [0.1, 0.15) is 0 Å². The number of fused-ring (bicyclic) bond motifs is 8. The maximum Gasteiger partial charge on any atom is 0.340 e. The maximum absolute atomic E-state index is 13.4. The molecule has 2 aliphatic rings. The number of allylic oxidation sites excluding steroid dienone is 1. The summed E-state index contributed by atoms with van der Waals surface area (Å²) in [6.07, 6.45) is 0.826. The number of hydrogen-bond donors (Lipinski definition) is 3. The van der Waals surface area contributed by atoms with Crippen LogP contribution in [-0.4, -0.2) is 70.2 Å². The lowest BCUT2D eigenvalue weighted by molar-refractivity contribution is -0.141. The van der Waals surface area contributed by atoms with Crippen molar-refractivity contribution in [3.05, 3.63) is 68.8 Å². The number of ether oxygens (including phenoxy) is 3. The van der Waals surface area contributed by atoms with Crippen molar-refractivity contribution in [2.75, 3.05) is 21.3 Å². The minimum absolute atomic E-state index is 0.0809. The van der Waals surface area contributed by atoms with E-state index in [-0.39, 0.29) is 41.5 Å². The van der Waals surface area contributed by atoms with Crippen LogP contribution in [0.25, 0.3) is 33.2 Å². The number of aromatic carboxylic acids is 1. The van der Waals surface area contributed by atoms with E-state index in [2.05, 4.69) is 9.97 Å². The van der Waals surface area contributed by atoms with Gasteiger partial charge in [-0.2, -0.15) is 0 Å². The number of esters is 3. The van der Waals surface area contributed by atoms with Crippen molar-refractivity contribution in [1.82, 2.24) is 19.9 Å². The zero-order valence-electron chi connectivity index (χ0n) is 28.4. The SMILES string of the molecule is CCc1c(C)c2cc3[nH]c(cc4nc(c(CC(=O)OC)c5nc(cc1[nH]2)C(C)=C5C(=O)OC)C(CCC(=O)OC)C4C)c(C)c3C(=O)O. The number of aromatic nitrogens is 4. The fraction of sp³-hybridized carbons (Fsp3) is 0.389. The molecule has 0 fully saturated rings. The molecule has 2 aliphatic heterocycles. The van der Waals surface area contributed by atoms with E-state index < -0.39 is 23.9 Å². The Bertz CT molecular complexity index is 2050. The molecule has 0 amide bonds. The Kier molecular flexibility index (Phi) is 9.56. The van der Waals surface area contributed by atoms with Gasteiger partial charge in [0.15, 0.2) is 0 Å². The number of carboxylic acid groups (broad SMARTS) is 1. The monoisotopic (exact) mass is 656 g/mol. The second-order valence-electron chi connectivity index (χ2n) is 12.1. The Morgan fingerprint density at radius 3 is 2.12 bits per heavy atom. The quantitative estimate of drug-likeness (QED) is 0.197. The second-order valence-corrected chi connectivity index (χ2v) is 12.1. The highest BCUT2D eigenvalue weighted by Gasteiger charge is 2.36. The predicted octanol–water partition coefficient (Wildman–Crippen LogP) is 5.85. The number of rotatable bonds is 8. The number of methoxy groups -OCH3 is 3.